The summed E-state index contributed by atoms with van der Waals surface area (Å²) in [6.07, 6.45) is 0.867. The smallest absolute Gasteiger partial charge is 0.413 e. The molecule has 0 aliphatic rings. The molecule has 0 aliphatic carbocycles. The maximum atomic E-state index is 11.5. The number of carbonyl (C=O) groups excluding carboxylic acids is 1. The van der Waals surface area contributed by atoms with Gasteiger partial charge in [-0.05, 0) is 27.7 Å². The van der Waals surface area contributed by atoms with E-state index in [1.54, 1.807) is 26.8 Å². The molecule has 0 saturated heterocycles. The number of aromatic nitrogens is 2. The van der Waals surface area contributed by atoms with E-state index in [1.165, 1.54) is 6.20 Å². The highest BCUT2D eigenvalue weighted by Gasteiger charge is 2.17. The van der Waals surface area contributed by atoms with Crippen LogP contribution in [-0.4, -0.2) is 21.7 Å². The minimum absolute atomic E-state index is 0.331. The molecule has 0 radical (unpaired) electrons. The van der Waals surface area contributed by atoms with Crippen LogP contribution < -0.4 is 5.32 Å². The fourth-order valence-corrected chi connectivity index (χ4v) is 1.41. The molecule has 0 bridgehead atoms. The molecule has 0 atom stereocenters. The van der Waals surface area contributed by atoms with Crippen LogP contribution in [0.1, 0.15) is 26.5 Å². The van der Waals surface area contributed by atoms with Gasteiger partial charge in [-0.25, -0.2) is 14.8 Å². The third-order valence-corrected chi connectivity index (χ3v) is 1.99. The standard InChI is InChI=1S/C12H15N3O3/c1-7-5-8-10(17-7)13-6-9(14-8)15-11(16)18-12(2,3)4/h5-6H,1-4H3,(H,14,15,16). The second kappa shape index (κ2) is 4.29. The molecule has 1 amide bonds. The van der Waals surface area contributed by atoms with Gasteiger partial charge in [-0.1, -0.05) is 0 Å². The van der Waals surface area contributed by atoms with Crippen LogP contribution in [0, 0.1) is 6.92 Å². The highest BCUT2D eigenvalue weighted by molar-refractivity contribution is 5.84. The number of rotatable bonds is 1. The first kappa shape index (κ1) is 12.3. The topological polar surface area (TPSA) is 77.2 Å². The number of aryl methyl sites for hydroxylation is 1. The van der Waals surface area contributed by atoms with Crippen molar-refractivity contribution >= 4 is 23.1 Å². The van der Waals surface area contributed by atoms with Crippen molar-refractivity contribution < 1.29 is 13.9 Å². The number of ether oxygens (including phenoxy) is 1. The Morgan fingerprint density at radius 2 is 2.17 bits per heavy atom. The highest BCUT2D eigenvalue weighted by atomic mass is 16.6. The molecule has 1 N–H and O–H groups in total. The van der Waals surface area contributed by atoms with Crippen LogP contribution in [-0.2, 0) is 4.74 Å². The first-order valence-electron chi connectivity index (χ1n) is 5.57. The van der Waals surface area contributed by atoms with Crippen LogP contribution in [0.4, 0.5) is 10.6 Å². The second-order valence-electron chi connectivity index (χ2n) is 4.93. The van der Waals surface area contributed by atoms with Gasteiger partial charge in [0.15, 0.2) is 5.82 Å². The summed E-state index contributed by atoms with van der Waals surface area (Å²) < 4.78 is 10.4. The maximum absolute atomic E-state index is 11.5. The average Bonchev–Trinajstić information content (AvgIpc) is 2.53. The lowest BCUT2D eigenvalue weighted by molar-refractivity contribution is 0.0635. The number of furan rings is 1. The molecule has 6 nitrogen and oxygen atoms in total. The van der Waals surface area contributed by atoms with Gasteiger partial charge < -0.3 is 9.15 Å². The van der Waals surface area contributed by atoms with Crippen molar-refractivity contribution in [3.8, 4) is 0 Å². The molecule has 2 rings (SSSR count). The zero-order valence-corrected chi connectivity index (χ0v) is 10.8. The molecule has 18 heavy (non-hydrogen) atoms. The van der Waals surface area contributed by atoms with E-state index in [-0.39, 0.29) is 0 Å². The number of nitrogens with one attached hydrogen (secondary N) is 1. The summed E-state index contributed by atoms with van der Waals surface area (Å²) in [4.78, 5) is 19.8. The SMILES string of the molecule is Cc1cc2nc(NC(=O)OC(C)(C)C)cnc2o1. The van der Waals surface area contributed by atoms with E-state index in [0.717, 1.165) is 5.76 Å². The fourth-order valence-electron chi connectivity index (χ4n) is 1.41. The van der Waals surface area contributed by atoms with Crippen LogP contribution in [0.5, 0.6) is 0 Å². The number of nitrogens with zero attached hydrogens (tertiary/aromatic N) is 2. The lowest BCUT2D eigenvalue weighted by atomic mass is 10.2. The van der Waals surface area contributed by atoms with E-state index >= 15 is 0 Å². The summed E-state index contributed by atoms with van der Waals surface area (Å²) in [7, 11) is 0. The van der Waals surface area contributed by atoms with Crippen molar-refractivity contribution in [1.82, 2.24) is 9.97 Å². The van der Waals surface area contributed by atoms with Gasteiger partial charge in [0.25, 0.3) is 0 Å². The predicted octanol–water partition coefficient (Wildman–Crippen LogP) is 2.88. The molecule has 0 fully saturated rings. The molecule has 2 heterocycles. The summed E-state index contributed by atoms with van der Waals surface area (Å²) in [5.74, 6) is 1.05. The number of amides is 1. The van der Waals surface area contributed by atoms with Crippen molar-refractivity contribution in [1.29, 1.82) is 0 Å². The van der Waals surface area contributed by atoms with Gasteiger partial charge in [0.05, 0.1) is 6.20 Å². The van der Waals surface area contributed by atoms with Gasteiger partial charge in [0.2, 0.25) is 5.71 Å². The van der Waals surface area contributed by atoms with Crippen LogP contribution in [0.3, 0.4) is 0 Å². The lowest BCUT2D eigenvalue weighted by Crippen LogP contribution is -2.27. The van der Waals surface area contributed by atoms with Gasteiger partial charge in [-0.3, -0.25) is 5.32 Å². The molecule has 2 aromatic heterocycles. The lowest BCUT2D eigenvalue weighted by Gasteiger charge is -2.19. The number of anilines is 1. The normalized spacial score (nSPS) is 11.6. The molecule has 0 aliphatic heterocycles. The van der Waals surface area contributed by atoms with Crippen LogP contribution in [0.15, 0.2) is 16.7 Å². The molecule has 96 valence electrons. The number of fused-ring (bicyclic) bond motifs is 1. The average molecular weight is 249 g/mol. The molecule has 0 aromatic carbocycles. The number of carbonyl (C=O) groups is 1. The Morgan fingerprint density at radius 1 is 1.44 bits per heavy atom. The van der Waals surface area contributed by atoms with E-state index in [2.05, 4.69) is 15.3 Å². The van der Waals surface area contributed by atoms with Gasteiger partial charge in [0, 0.05) is 6.07 Å². The minimum Gasteiger partial charge on any atom is -0.444 e. The van der Waals surface area contributed by atoms with Crippen molar-refractivity contribution in [2.75, 3.05) is 5.32 Å². The molecule has 0 unspecified atom stereocenters. The zero-order chi connectivity index (χ0) is 13.3. The van der Waals surface area contributed by atoms with Crippen molar-refractivity contribution in [2.24, 2.45) is 0 Å². The monoisotopic (exact) mass is 249 g/mol. The van der Waals surface area contributed by atoms with E-state index in [9.17, 15) is 4.79 Å². The van der Waals surface area contributed by atoms with Gasteiger partial charge >= 0.3 is 6.09 Å². The minimum atomic E-state index is -0.559. The Morgan fingerprint density at radius 3 is 2.83 bits per heavy atom. The van der Waals surface area contributed by atoms with Crippen LogP contribution in [0.2, 0.25) is 0 Å². The Bertz CT molecular complexity index is 584. The third-order valence-electron chi connectivity index (χ3n) is 1.99. The predicted molar refractivity (Wildman–Crippen MR) is 66.4 cm³/mol. The summed E-state index contributed by atoms with van der Waals surface area (Å²) in [5, 5.41) is 2.52. The second-order valence-corrected chi connectivity index (χ2v) is 4.93. The van der Waals surface area contributed by atoms with Crippen molar-refractivity contribution in [3.63, 3.8) is 0 Å². The molecule has 0 spiro atoms. The van der Waals surface area contributed by atoms with Gasteiger partial charge in [-0.15, -0.1) is 0 Å². The molecule has 6 heteroatoms. The summed E-state index contributed by atoms with van der Waals surface area (Å²) in [6, 6.07) is 1.75. The molecule has 2 aromatic rings. The van der Waals surface area contributed by atoms with Gasteiger partial charge in [0.1, 0.15) is 16.9 Å². The maximum Gasteiger partial charge on any atom is 0.413 e. The Hall–Kier alpha value is -2.11. The van der Waals surface area contributed by atoms with E-state index < -0.39 is 11.7 Å². The number of hydrogen-bond donors (Lipinski definition) is 1. The molecular formula is C12H15N3O3. The Kier molecular flexibility index (Phi) is 2.94. The zero-order valence-electron chi connectivity index (χ0n) is 10.8. The van der Waals surface area contributed by atoms with E-state index in [1.807, 2.05) is 6.92 Å². The third kappa shape index (κ3) is 2.97. The van der Waals surface area contributed by atoms with Crippen molar-refractivity contribution in [3.05, 3.63) is 18.0 Å². The van der Waals surface area contributed by atoms with E-state index in [0.29, 0.717) is 17.0 Å². The van der Waals surface area contributed by atoms with E-state index in [4.69, 9.17) is 9.15 Å². The summed E-state index contributed by atoms with van der Waals surface area (Å²) in [5.41, 5.74) is 0.497. The summed E-state index contributed by atoms with van der Waals surface area (Å²) in [6.45, 7) is 7.19. The number of hydrogen-bond acceptors (Lipinski definition) is 5. The molecular weight excluding hydrogens is 234 g/mol. The Labute approximate surface area is 104 Å². The first-order valence-corrected chi connectivity index (χ1v) is 5.57. The molecule has 0 saturated carbocycles. The fraction of sp³-hybridized carbons (Fsp3) is 0.417. The van der Waals surface area contributed by atoms with Crippen molar-refractivity contribution in [2.45, 2.75) is 33.3 Å². The quantitative estimate of drug-likeness (QED) is 0.840. The summed E-state index contributed by atoms with van der Waals surface area (Å²) >= 11 is 0. The van der Waals surface area contributed by atoms with Crippen LogP contribution >= 0.6 is 0 Å². The van der Waals surface area contributed by atoms with Crippen LogP contribution in [0.25, 0.3) is 11.2 Å². The Balaban J connectivity index is 2.14. The first-order chi connectivity index (χ1) is 8.33. The largest absolute Gasteiger partial charge is 0.444 e. The van der Waals surface area contributed by atoms with Gasteiger partial charge in [-0.2, -0.15) is 0 Å². The highest BCUT2D eigenvalue weighted by Crippen LogP contribution is 2.16.